The van der Waals surface area contributed by atoms with E-state index in [2.05, 4.69) is 15.3 Å². The number of hydrogen-bond acceptors (Lipinski definition) is 3. The largest absolute Gasteiger partial charge is 0.296 e. The van der Waals surface area contributed by atoms with Crippen molar-refractivity contribution in [2.75, 3.05) is 5.32 Å². The summed E-state index contributed by atoms with van der Waals surface area (Å²) in [5.74, 6) is -0.180. The first-order valence-electron chi connectivity index (χ1n) is 7.84. The summed E-state index contributed by atoms with van der Waals surface area (Å²) in [6.45, 7) is 5.95. The third kappa shape index (κ3) is 3.96. The molecular formula is C18H18ClFN4O. The number of benzene rings is 1. The van der Waals surface area contributed by atoms with Crippen LogP contribution in [0.2, 0.25) is 5.15 Å². The highest BCUT2D eigenvalue weighted by molar-refractivity contribution is 6.29. The first kappa shape index (κ1) is 17.4. The lowest BCUT2D eigenvalue weighted by Gasteiger charge is -2.17. The summed E-state index contributed by atoms with van der Waals surface area (Å²) in [7, 11) is 0. The highest BCUT2D eigenvalue weighted by Gasteiger charge is 2.20. The minimum atomic E-state index is -0.350. The van der Waals surface area contributed by atoms with Crippen LogP contribution >= 0.6 is 11.6 Å². The highest BCUT2D eigenvalue weighted by atomic mass is 35.5. The van der Waals surface area contributed by atoms with Crippen LogP contribution in [0, 0.1) is 11.2 Å². The molecule has 1 aromatic carbocycles. The Bertz CT molecular complexity index is 929. The second-order valence-electron chi connectivity index (χ2n) is 7.01. The van der Waals surface area contributed by atoms with Crippen molar-refractivity contribution >= 4 is 34.6 Å². The number of aromatic nitrogens is 3. The van der Waals surface area contributed by atoms with E-state index in [1.165, 1.54) is 12.1 Å². The van der Waals surface area contributed by atoms with Crippen LogP contribution in [-0.4, -0.2) is 20.4 Å². The molecule has 1 amide bonds. The number of nitrogens with one attached hydrogen (secondary N) is 1. The summed E-state index contributed by atoms with van der Waals surface area (Å²) in [5.41, 5.74) is 1.55. The molecule has 2 heterocycles. The highest BCUT2D eigenvalue weighted by Crippen LogP contribution is 2.26. The molecule has 3 aromatic rings. The van der Waals surface area contributed by atoms with Gasteiger partial charge in [-0.2, -0.15) is 0 Å². The van der Waals surface area contributed by atoms with Crippen molar-refractivity contribution in [3.8, 4) is 5.69 Å². The van der Waals surface area contributed by atoms with E-state index in [0.717, 1.165) is 0 Å². The molecule has 0 saturated carbocycles. The lowest BCUT2D eigenvalue weighted by Crippen LogP contribution is -2.21. The quantitative estimate of drug-likeness (QED) is 0.695. The minimum absolute atomic E-state index is 0.154. The molecule has 5 nitrogen and oxygen atoms in total. The van der Waals surface area contributed by atoms with Crippen LogP contribution in [0.15, 0.2) is 36.4 Å². The summed E-state index contributed by atoms with van der Waals surface area (Å²) < 4.78 is 14.9. The summed E-state index contributed by atoms with van der Waals surface area (Å²) in [6, 6.07) is 9.23. The van der Waals surface area contributed by atoms with Crippen LogP contribution in [0.3, 0.4) is 0 Å². The maximum atomic E-state index is 13.3. The van der Waals surface area contributed by atoms with Gasteiger partial charge in [-0.25, -0.2) is 14.4 Å². The van der Waals surface area contributed by atoms with Gasteiger partial charge in [-0.15, -0.1) is 0 Å². The predicted octanol–water partition coefficient (Wildman–Crippen LogP) is 4.59. The standard InChI is InChI=1S/C18H18ClFN4O/c1-18(2,3)10-15(25)23-17-21-13-8-9-14(19)22-16(13)24(17)12-6-4-11(20)5-7-12/h4-9H,10H2,1-3H3,(H,21,23,25). The monoisotopic (exact) mass is 360 g/mol. The summed E-state index contributed by atoms with van der Waals surface area (Å²) in [6.07, 6.45) is 0.341. The molecule has 0 radical (unpaired) electrons. The fourth-order valence-corrected chi connectivity index (χ4v) is 2.65. The van der Waals surface area contributed by atoms with Crippen LogP contribution in [0.25, 0.3) is 16.9 Å². The van der Waals surface area contributed by atoms with Gasteiger partial charge in [0.15, 0.2) is 5.65 Å². The number of rotatable bonds is 3. The van der Waals surface area contributed by atoms with Gasteiger partial charge in [0.25, 0.3) is 0 Å². The topological polar surface area (TPSA) is 59.8 Å². The van der Waals surface area contributed by atoms with Crippen molar-refractivity contribution < 1.29 is 9.18 Å². The van der Waals surface area contributed by atoms with Crippen LogP contribution in [-0.2, 0) is 4.79 Å². The molecule has 2 aromatic heterocycles. The van der Waals surface area contributed by atoms with Crippen molar-refractivity contribution in [3.05, 3.63) is 47.4 Å². The van der Waals surface area contributed by atoms with E-state index < -0.39 is 0 Å². The Kier molecular flexibility index (Phi) is 4.47. The summed E-state index contributed by atoms with van der Waals surface area (Å²) in [4.78, 5) is 21.1. The van der Waals surface area contributed by atoms with Gasteiger partial charge in [0.2, 0.25) is 11.9 Å². The number of hydrogen-bond donors (Lipinski definition) is 1. The van der Waals surface area contributed by atoms with Crippen molar-refractivity contribution in [1.82, 2.24) is 14.5 Å². The van der Waals surface area contributed by atoms with Gasteiger partial charge in [-0.05, 0) is 41.8 Å². The number of halogens is 2. The molecule has 0 aliphatic carbocycles. The van der Waals surface area contributed by atoms with Gasteiger partial charge in [0, 0.05) is 6.42 Å². The molecule has 0 fully saturated rings. The maximum Gasteiger partial charge on any atom is 0.227 e. The third-order valence-electron chi connectivity index (χ3n) is 3.50. The van der Waals surface area contributed by atoms with Crippen LogP contribution in [0.1, 0.15) is 27.2 Å². The molecule has 0 aliphatic heterocycles. The molecule has 25 heavy (non-hydrogen) atoms. The van der Waals surface area contributed by atoms with E-state index in [9.17, 15) is 9.18 Å². The predicted molar refractivity (Wildman–Crippen MR) is 96.5 cm³/mol. The zero-order chi connectivity index (χ0) is 18.2. The lowest BCUT2D eigenvalue weighted by molar-refractivity contribution is -0.117. The molecule has 7 heteroatoms. The molecule has 0 saturated heterocycles. The SMILES string of the molecule is CC(C)(C)CC(=O)Nc1nc2ccc(Cl)nc2n1-c1ccc(F)cc1. The Hall–Kier alpha value is -2.47. The van der Waals surface area contributed by atoms with E-state index in [1.54, 1.807) is 28.8 Å². The Labute approximate surface area is 149 Å². The Morgan fingerprint density at radius 2 is 1.84 bits per heavy atom. The number of imidazole rings is 1. The van der Waals surface area contributed by atoms with E-state index in [4.69, 9.17) is 11.6 Å². The normalized spacial score (nSPS) is 11.7. The van der Waals surface area contributed by atoms with Crippen molar-refractivity contribution in [1.29, 1.82) is 0 Å². The first-order valence-corrected chi connectivity index (χ1v) is 8.21. The summed E-state index contributed by atoms with van der Waals surface area (Å²) in [5, 5.41) is 3.13. The summed E-state index contributed by atoms with van der Waals surface area (Å²) >= 11 is 6.01. The van der Waals surface area contributed by atoms with Crippen LogP contribution in [0.5, 0.6) is 0 Å². The Morgan fingerprint density at radius 1 is 1.16 bits per heavy atom. The molecule has 0 atom stereocenters. The van der Waals surface area contributed by atoms with Crippen LogP contribution < -0.4 is 5.32 Å². The van der Waals surface area contributed by atoms with E-state index >= 15 is 0 Å². The number of amides is 1. The van der Waals surface area contributed by atoms with Gasteiger partial charge in [-0.3, -0.25) is 14.7 Å². The van der Waals surface area contributed by atoms with Crippen molar-refractivity contribution in [3.63, 3.8) is 0 Å². The van der Waals surface area contributed by atoms with E-state index in [-0.39, 0.29) is 17.1 Å². The molecule has 0 unspecified atom stereocenters. The van der Waals surface area contributed by atoms with Gasteiger partial charge in [0.1, 0.15) is 16.5 Å². The second-order valence-corrected chi connectivity index (χ2v) is 7.40. The lowest BCUT2D eigenvalue weighted by atomic mass is 9.92. The minimum Gasteiger partial charge on any atom is -0.296 e. The molecule has 0 bridgehead atoms. The second kappa shape index (κ2) is 6.44. The number of anilines is 1. The zero-order valence-corrected chi connectivity index (χ0v) is 14.9. The average Bonchev–Trinajstić information content (AvgIpc) is 2.83. The number of pyridine rings is 1. The molecule has 1 N–H and O–H groups in total. The van der Waals surface area contributed by atoms with E-state index in [0.29, 0.717) is 34.4 Å². The zero-order valence-electron chi connectivity index (χ0n) is 14.2. The van der Waals surface area contributed by atoms with Gasteiger partial charge < -0.3 is 0 Å². The number of fused-ring (bicyclic) bond motifs is 1. The fraction of sp³-hybridized carbons (Fsp3) is 0.278. The number of carbonyl (C=O) groups is 1. The van der Waals surface area contributed by atoms with Gasteiger partial charge in [0.05, 0.1) is 5.69 Å². The average molecular weight is 361 g/mol. The molecule has 130 valence electrons. The Morgan fingerprint density at radius 3 is 2.48 bits per heavy atom. The third-order valence-corrected chi connectivity index (χ3v) is 3.71. The molecule has 3 rings (SSSR count). The fourth-order valence-electron chi connectivity index (χ4n) is 2.50. The Balaban J connectivity index is 2.09. The molecule has 0 spiro atoms. The smallest absolute Gasteiger partial charge is 0.227 e. The maximum absolute atomic E-state index is 13.3. The van der Waals surface area contributed by atoms with E-state index in [1.807, 2.05) is 20.8 Å². The number of nitrogens with zero attached hydrogens (tertiary/aromatic N) is 3. The van der Waals surface area contributed by atoms with Crippen molar-refractivity contribution in [2.45, 2.75) is 27.2 Å². The van der Waals surface area contributed by atoms with Gasteiger partial charge >= 0.3 is 0 Å². The number of carbonyl (C=O) groups excluding carboxylic acids is 1. The van der Waals surface area contributed by atoms with Crippen LogP contribution in [0.4, 0.5) is 10.3 Å². The van der Waals surface area contributed by atoms with Gasteiger partial charge in [-0.1, -0.05) is 32.4 Å². The first-order chi connectivity index (χ1) is 11.7. The molecule has 0 aliphatic rings. The molecular weight excluding hydrogens is 343 g/mol. The van der Waals surface area contributed by atoms with Crippen molar-refractivity contribution in [2.24, 2.45) is 5.41 Å².